The van der Waals surface area contributed by atoms with Gasteiger partial charge in [-0.1, -0.05) is 255 Å². The Kier molecular flexibility index (Phi) is 10.7. The Bertz CT molecular complexity index is 5070. The Hall–Kier alpha value is -10.3. The van der Waals surface area contributed by atoms with Gasteiger partial charge in [-0.05, 0) is 114 Å². The predicted molar refractivity (Wildman–Crippen MR) is 356 cm³/mol. The van der Waals surface area contributed by atoms with Crippen LogP contribution in [0.4, 0.5) is 0 Å². The molecule has 0 saturated carbocycles. The van der Waals surface area contributed by atoms with Gasteiger partial charge < -0.3 is 13.7 Å². The van der Waals surface area contributed by atoms with E-state index in [2.05, 4.69) is 335 Å². The van der Waals surface area contributed by atoms with Gasteiger partial charge in [0.05, 0.1) is 38.8 Å². The Labute approximate surface area is 483 Å². The van der Waals surface area contributed by atoms with Crippen molar-refractivity contribution < 1.29 is 0 Å². The Morgan fingerprint density at radius 3 is 1.02 bits per heavy atom. The van der Waals surface area contributed by atoms with E-state index in [1.807, 2.05) is 0 Å². The largest absolute Gasteiger partial charge is 0.309 e. The first-order valence-electron chi connectivity index (χ1n) is 28.8. The van der Waals surface area contributed by atoms with Crippen LogP contribution in [0.25, 0.3) is 93.6 Å². The lowest BCUT2D eigenvalue weighted by Gasteiger charge is -2.48. The van der Waals surface area contributed by atoms with Gasteiger partial charge in [0, 0.05) is 49.3 Å². The Morgan fingerprint density at radius 2 is 0.554 bits per heavy atom. The van der Waals surface area contributed by atoms with E-state index in [0.717, 1.165) is 28.1 Å². The predicted octanol–water partition coefficient (Wildman–Crippen LogP) is 13.7. The fraction of sp³-hybridized carbons (Fsp3) is 0. The van der Waals surface area contributed by atoms with Crippen LogP contribution in [0.3, 0.4) is 0 Å². The minimum Gasteiger partial charge on any atom is -0.309 e. The van der Waals surface area contributed by atoms with E-state index < -0.39 is 16.1 Å². The van der Waals surface area contributed by atoms with Crippen LogP contribution in [0.15, 0.2) is 322 Å². The molecule has 0 N–H and O–H groups in total. The van der Waals surface area contributed by atoms with Crippen LogP contribution in [0.5, 0.6) is 0 Å². The third-order valence-corrected chi connectivity index (χ3v) is 28.5. The van der Waals surface area contributed by atoms with Crippen LogP contribution in [0.1, 0.15) is 0 Å². The van der Waals surface area contributed by atoms with E-state index in [9.17, 15) is 0 Å². The molecule has 388 valence electrons. The van der Waals surface area contributed by atoms with E-state index in [-0.39, 0.29) is 0 Å². The molecule has 17 rings (SSSR count). The molecule has 0 amide bonds. The van der Waals surface area contributed by atoms with Gasteiger partial charge in [-0.25, -0.2) is 0 Å². The molecular formula is C78H53N3Si2. The number of hydrogen-bond donors (Lipinski definition) is 0. The summed E-state index contributed by atoms with van der Waals surface area (Å²) in [5, 5.41) is 18.8. The molecule has 83 heavy (non-hydrogen) atoms. The number of para-hydroxylation sites is 4. The molecule has 0 spiro atoms. The fourth-order valence-corrected chi connectivity index (χ4v) is 27.0. The molecule has 3 aromatic heterocycles. The summed E-state index contributed by atoms with van der Waals surface area (Å²) in [7, 11) is -6.02. The van der Waals surface area contributed by atoms with Crippen molar-refractivity contribution in [2.75, 3.05) is 0 Å². The molecule has 0 saturated heterocycles. The molecule has 0 unspecified atom stereocenters. The minimum atomic E-state index is -3.12. The SMILES string of the molecule is c1ccc(-c2ccccc2-n2c3ccc(-n4c5ccccc5c5ccccc54)cc3c3cc(-n4c5ccccc5c5ccc([Si]6(c7ccccc7)c7ccccc7[Si](c7ccccc7)(c7ccccc7)c7ccccc76)cc54)ccc32)cc1. The number of benzene rings is 13. The van der Waals surface area contributed by atoms with Crippen molar-refractivity contribution in [2.45, 2.75) is 0 Å². The van der Waals surface area contributed by atoms with Gasteiger partial charge in [0.25, 0.3) is 0 Å². The molecule has 13 aromatic carbocycles. The topological polar surface area (TPSA) is 14.8 Å². The molecule has 0 atom stereocenters. The first kappa shape index (κ1) is 47.5. The molecule has 0 aliphatic carbocycles. The highest BCUT2D eigenvalue weighted by Crippen LogP contribution is 2.41. The summed E-state index contributed by atoms with van der Waals surface area (Å²) >= 11 is 0. The summed E-state index contributed by atoms with van der Waals surface area (Å²) in [5.41, 5.74) is 12.9. The lowest BCUT2D eigenvalue weighted by molar-refractivity contribution is 1.16. The molecule has 16 aromatic rings. The van der Waals surface area contributed by atoms with Crippen molar-refractivity contribution in [2.24, 2.45) is 0 Å². The maximum atomic E-state index is 2.60. The zero-order valence-electron chi connectivity index (χ0n) is 45.4. The lowest BCUT2D eigenvalue weighted by Crippen LogP contribution is -2.93. The normalized spacial score (nSPS) is 13.5. The van der Waals surface area contributed by atoms with E-state index in [1.54, 1.807) is 0 Å². The highest BCUT2D eigenvalue weighted by Gasteiger charge is 2.56. The monoisotopic (exact) mass is 1090 g/mol. The number of rotatable bonds is 8. The number of fused-ring (bicyclic) bond motifs is 11. The van der Waals surface area contributed by atoms with Crippen molar-refractivity contribution in [1.82, 2.24) is 13.7 Å². The van der Waals surface area contributed by atoms with Gasteiger partial charge in [0.1, 0.15) is 0 Å². The van der Waals surface area contributed by atoms with E-state index in [0.29, 0.717) is 0 Å². The molecule has 1 aliphatic heterocycles. The summed E-state index contributed by atoms with van der Waals surface area (Å²) in [6.07, 6.45) is 0. The Morgan fingerprint density at radius 1 is 0.205 bits per heavy atom. The summed E-state index contributed by atoms with van der Waals surface area (Å²) in [6.45, 7) is 0. The smallest absolute Gasteiger partial charge is 0.179 e. The highest BCUT2D eigenvalue weighted by molar-refractivity contribution is 7.33. The average molecular weight is 1090 g/mol. The molecular weight excluding hydrogens is 1040 g/mol. The van der Waals surface area contributed by atoms with Gasteiger partial charge in [-0.2, -0.15) is 0 Å². The molecule has 0 radical (unpaired) electrons. The van der Waals surface area contributed by atoms with Crippen molar-refractivity contribution >= 4 is 123 Å². The van der Waals surface area contributed by atoms with Crippen LogP contribution < -0.4 is 41.5 Å². The number of aromatic nitrogens is 3. The molecule has 1 aliphatic rings. The van der Waals surface area contributed by atoms with Crippen LogP contribution in [-0.4, -0.2) is 29.8 Å². The van der Waals surface area contributed by atoms with Crippen molar-refractivity contribution in [3.8, 4) is 28.2 Å². The standard InChI is InChI=1S/C78H53N3Si2/c1-5-25-54(26-6-1)61-33-13-17-37-68(61)81-72-49-45-55(79-69-38-18-14-34-62(69)63-35-15-19-39-70(63)79)51-66(72)67-52-56(46-50-73(67)81)80-71-40-20-16-36-64(71)65-48-47-60(53-74(65)80)83(59-31-11-4-12-32-59)77-43-23-21-41-75(77)82(57-27-7-2-8-28-57,58-29-9-3-10-30-58)76-42-22-24-44-78(76)83/h1-53H. The van der Waals surface area contributed by atoms with Crippen LogP contribution >= 0.6 is 0 Å². The fourth-order valence-electron chi connectivity index (χ4n) is 15.0. The second kappa shape index (κ2) is 18.6. The van der Waals surface area contributed by atoms with Gasteiger partial charge >= 0.3 is 0 Å². The van der Waals surface area contributed by atoms with Crippen molar-refractivity contribution in [1.29, 1.82) is 0 Å². The number of nitrogens with zero attached hydrogens (tertiary/aromatic N) is 3. The summed E-state index contributed by atoms with van der Waals surface area (Å²) in [5.74, 6) is 0. The first-order chi connectivity index (χ1) is 41.2. The lowest BCUT2D eigenvalue weighted by atomic mass is 10.0. The molecule has 3 nitrogen and oxygen atoms in total. The van der Waals surface area contributed by atoms with E-state index >= 15 is 0 Å². The van der Waals surface area contributed by atoms with Crippen molar-refractivity contribution in [3.05, 3.63) is 322 Å². The second-order valence-corrected chi connectivity index (χ2v) is 29.7. The average Bonchev–Trinajstić information content (AvgIpc) is 1.95. The summed E-state index contributed by atoms with van der Waals surface area (Å²) < 4.78 is 7.51. The van der Waals surface area contributed by atoms with Gasteiger partial charge in [0.15, 0.2) is 16.1 Å². The third kappa shape index (κ3) is 6.78. The molecule has 4 heterocycles. The molecule has 0 fully saturated rings. The Balaban J connectivity index is 0.952. The first-order valence-corrected chi connectivity index (χ1v) is 32.8. The van der Waals surface area contributed by atoms with E-state index in [4.69, 9.17) is 0 Å². The zero-order chi connectivity index (χ0) is 54.6. The second-order valence-electron chi connectivity index (χ2n) is 22.3. The summed E-state index contributed by atoms with van der Waals surface area (Å²) in [4.78, 5) is 0. The summed E-state index contributed by atoms with van der Waals surface area (Å²) in [6, 6.07) is 122. The third-order valence-electron chi connectivity index (χ3n) is 18.3. The maximum absolute atomic E-state index is 3.12. The number of hydrogen-bond acceptors (Lipinski definition) is 0. The highest BCUT2D eigenvalue weighted by atomic mass is 28.3. The van der Waals surface area contributed by atoms with Crippen molar-refractivity contribution in [3.63, 3.8) is 0 Å². The molecule has 5 heteroatoms. The van der Waals surface area contributed by atoms with Gasteiger partial charge in [0.2, 0.25) is 0 Å². The zero-order valence-corrected chi connectivity index (χ0v) is 47.4. The van der Waals surface area contributed by atoms with Crippen LogP contribution in [0.2, 0.25) is 0 Å². The molecule has 0 bridgehead atoms. The van der Waals surface area contributed by atoms with Crippen LogP contribution in [-0.2, 0) is 0 Å². The van der Waals surface area contributed by atoms with Gasteiger partial charge in [-0.15, -0.1) is 0 Å². The quantitative estimate of drug-likeness (QED) is 0.135. The van der Waals surface area contributed by atoms with E-state index in [1.165, 1.54) is 107 Å². The van der Waals surface area contributed by atoms with Gasteiger partial charge in [-0.3, -0.25) is 0 Å². The maximum Gasteiger partial charge on any atom is 0.179 e. The van der Waals surface area contributed by atoms with Crippen LogP contribution in [0, 0.1) is 0 Å². The minimum absolute atomic E-state index is 1.12.